The molecule has 11 heteroatoms. The highest BCUT2D eigenvalue weighted by Crippen LogP contribution is 2.26. The van der Waals surface area contributed by atoms with Crippen molar-refractivity contribution in [2.24, 2.45) is 5.10 Å². The highest BCUT2D eigenvalue weighted by molar-refractivity contribution is 7.13. The van der Waals surface area contributed by atoms with E-state index in [1.165, 1.54) is 41.8 Å². The summed E-state index contributed by atoms with van der Waals surface area (Å²) >= 11 is 7.20. The van der Waals surface area contributed by atoms with Crippen LogP contribution in [0.4, 0.5) is 15.2 Å². The van der Waals surface area contributed by atoms with E-state index in [-0.39, 0.29) is 22.0 Å². The standard InChI is InChI=1S/C18H12ClFN4O4S/c1-10-9-29-18(22-10)23-21-8-11-7-12(24(26)27)5-6-15(11)28-17(25)16-13(19)3-2-4-14(16)20/h2-9H,1H3,(H,22,23). The van der Waals surface area contributed by atoms with E-state index < -0.39 is 22.3 Å². The van der Waals surface area contributed by atoms with Gasteiger partial charge in [0.2, 0.25) is 5.13 Å². The van der Waals surface area contributed by atoms with Crippen LogP contribution in [0, 0.1) is 22.9 Å². The normalized spacial score (nSPS) is 10.9. The predicted molar refractivity (Wildman–Crippen MR) is 108 cm³/mol. The number of thiazole rings is 1. The van der Waals surface area contributed by atoms with Crippen molar-refractivity contribution in [3.8, 4) is 5.75 Å². The van der Waals surface area contributed by atoms with Crippen LogP contribution in [0.1, 0.15) is 21.6 Å². The third-order valence-corrected chi connectivity index (χ3v) is 4.74. The number of rotatable bonds is 6. The Bertz CT molecular complexity index is 1100. The van der Waals surface area contributed by atoms with Crippen molar-refractivity contribution in [1.82, 2.24) is 4.98 Å². The second-order valence-electron chi connectivity index (χ2n) is 5.63. The number of hydrogen-bond donors (Lipinski definition) is 1. The van der Waals surface area contributed by atoms with Gasteiger partial charge in [-0.25, -0.2) is 14.2 Å². The number of halogens is 2. The number of nitrogens with one attached hydrogen (secondary N) is 1. The van der Waals surface area contributed by atoms with Crippen LogP contribution in [0.25, 0.3) is 0 Å². The number of non-ortho nitro benzene ring substituents is 1. The molecule has 2 aromatic carbocycles. The minimum atomic E-state index is -1.04. The Labute approximate surface area is 172 Å². The molecule has 0 aliphatic rings. The van der Waals surface area contributed by atoms with Crippen LogP contribution in [0.3, 0.4) is 0 Å². The molecule has 0 atom stereocenters. The van der Waals surface area contributed by atoms with Crippen molar-refractivity contribution in [1.29, 1.82) is 0 Å². The molecule has 0 saturated heterocycles. The summed E-state index contributed by atoms with van der Waals surface area (Å²) < 4.78 is 19.2. The van der Waals surface area contributed by atoms with E-state index in [4.69, 9.17) is 16.3 Å². The van der Waals surface area contributed by atoms with Crippen molar-refractivity contribution in [3.05, 3.63) is 79.6 Å². The number of aryl methyl sites for hydroxylation is 1. The van der Waals surface area contributed by atoms with E-state index in [1.807, 2.05) is 12.3 Å². The first kappa shape index (κ1) is 20.4. The van der Waals surface area contributed by atoms with Gasteiger partial charge in [-0.05, 0) is 25.1 Å². The Balaban J connectivity index is 1.89. The highest BCUT2D eigenvalue weighted by Gasteiger charge is 2.20. The van der Waals surface area contributed by atoms with Crippen molar-refractivity contribution in [2.75, 3.05) is 5.43 Å². The number of hydrogen-bond acceptors (Lipinski definition) is 8. The zero-order chi connectivity index (χ0) is 21.0. The van der Waals surface area contributed by atoms with Crippen LogP contribution in [-0.4, -0.2) is 22.1 Å². The summed E-state index contributed by atoms with van der Waals surface area (Å²) in [5.74, 6) is -1.94. The van der Waals surface area contributed by atoms with E-state index in [1.54, 1.807) is 0 Å². The van der Waals surface area contributed by atoms with E-state index in [0.717, 1.165) is 17.8 Å². The summed E-state index contributed by atoms with van der Waals surface area (Å²) in [5, 5.41) is 17.2. The summed E-state index contributed by atoms with van der Waals surface area (Å²) in [6.45, 7) is 1.82. The van der Waals surface area contributed by atoms with Crippen LogP contribution < -0.4 is 10.2 Å². The molecular formula is C18H12ClFN4O4S. The monoisotopic (exact) mass is 434 g/mol. The molecule has 1 N–H and O–H groups in total. The maximum Gasteiger partial charge on any atom is 0.348 e. The molecule has 29 heavy (non-hydrogen) atoms. The van der Waals surface area contributed by atoms with Gasteiger partial charge in [-0.15, -0.1) is 11.3 Å². The molecule has 0 aliphatic carbocycles. The van der Waals surface area contributed by atoms with Gasteiger partial charge in [-0.2, -0.15) is 5.10 Å². The number of nitrogens with zero attached hydrogens (tertiary/aromatic N) is 3. The Morgan fingerprint density at radius 3 is 2.86 bits per heavy atom. The number of hydrazone groups is 1. The van der Waals surface area contributed by atoms with Gasteiger partial charge in [-0.1, -0.05) is 17.7 Å². The molecule has 0 amide bonds. The van der Waals surface area contributed by atoms with Crippen LogP contribution in [0.5, 0.6) is 5.75 Å². The maximum absolute atomic E-state index is 13.9. The fourth-order valence-electron chi connectivity index (χ4n) is 2.25. The minimum Gasteiger partial charge on any atom is -0.422 e. The molecule has 3 rings (SSSR count). The third-order valence-electron chi connectivity index (χ3n) is 3.56. The molecule has 0 spiro atoms. The number of benzene rings is 2. The average Bonchev–Trinajstić information content (AvgIpc) is 3.07. The molecule has 1 heterocycles. The number of nitro groups is 1. The molecule has 0 fully saturated rings. The van der Waals surface area contributed by atoms with Crippen LogP contribution in [0.15, 0.2) is 46.9 Å². The fourth-order valence-corrected chi connectivity index (χ4v) is 3.13. The second-order valence-corrected chi connectivity index (χ2v) is 6.89. The smallest absolute Gasteiger partial charge is 0.348 e. The second kappa shape index (κ2) is 8.76. The molecule has 0 saturated carbocycles. The van der Waals surface area contributed by atoms with Gasteiger partial charge < -0.3 is 4.74 Å². The molecular weight excluding hydrogens is 423 g/mol. The quantitative estimate of drug-likeness (QED) is 0.196. The molecule has 8 nitrogen and oxygen atoms in total. The van der Waals surface area contributed by atoms with Crippen molar-refractivity contribution < 1.29 is 18.8 Å². The lowest BCUT2D eigenvalue weighted by Crippen LogP contribution is -2.12. The van der Waals surface area contributed by atoms with E-state index in [0.29, 0.717) is 5.13 Å². The summed E-state index contributed by atoms with van der Waals surface area (Å²) in [7, 11) is 0. The van der Waals surface area contributed by atoms with E-state index >= 15 is 0 Å². The number of esters is 1. The Hall–Kier alpha value is -3.37. The number of ether oxygens (including phenoxy) is 1. The molecule has 0 aliphatic heterocycles. The molecule has 3 aromatic rings. The fraction of sp³-hybridized carbons (Fsp3) is 0.0556. The largest absolute Gasteiger partial charge is 0.422 e. The van der Waals surface area contributed by atoms with Gasteiger partial charge in [-0.3, -0.25) is 15.5 Å². The van der Waals surface area contributed by atoms with Crippen LogP contribution in [0.2, 0.25) is 5.02 Å². The minimum absolute atomic E-state index is 0.0548. The van der Waals surface area contributed by atoms with Gasteiger partial charge in [0, 0.05) is 23.1 Å². The summed E-state index contributed by atoms with van der Waals surface area (Å²) in [5.41, 5.74) is 2.94. The van der Waals surface area contributed by atoms with Crippen molar-refractivity contribution in [3.63, 3.8) is 0 Å². The van der Waals surface area contributed by atoms with Crippen molar-refractivity contribution in [2.45, 2.75) is 6.92 Å². The van der Waals surface area contributed by atoms with E-state index in [2.05, 4.69) is 15.5 Å². The Morgan fingerprint density at radius 1 is 1.41 bits per heavy atom. The van der Waals surface area contributed by atoms with Gasteiger partial charge in [0.1, 0.15) is 17.1 Å². The lowest BCUT2D eigenvalue weighted by atomic mass is 10.2. The zero-order valence-corrected chi connectivity index (χ0v) is 16.3. The highest BCUT2D eigenvalue weighted by atomic mass is 35.5. The van der Waals surface area contributed by atoms with Crippen molar-refractivity contribution >= 4 is 45.9 Å². The summed E-state index contributed by atoms with van der Waals surface area (Å²) in [4.78, 5) is 27.0. The topological polar surface area (TPSA) is 107 Å². The predicted octanol–water partition coefficient (Wildman–Crippen LogP) is 4.82. The van der Waals surface area contributed by atoms with Gasteiger partial charge in [0.05, 0.1) is 21.9 Å². The summed E-state index contributed by atoms with van der Waals surface area (Å²) in [6.07, 6.45) is 1.23. The SMILES string of the molecule is Cc1csc(NN=Cc2cc([N+](=O)[O-])ccc2OC(=O)c2c(F)cccc2Cl)n1. The Morgan fingerprint density at radius 2 is 2.21 bits per heavy atom. The van der Waals surface area contributed by atoms with Crippen LogP contribution >= 0.6 is 22.9 Å². The third kappa shape index (κ3) is 4.92. The Kier molecular flexibility index (Phi) is 6.15. The van der Waals surface area contributed by atoms with Gasteiger partial charge >= 0.3 is 5.97 Å². The number of carbonyl (C=O) groups is 1. The first-order valence-corrected chi connectivity index (χ1v) is 9.26. The molecule has 0 bridgehead atoms. The number of anilines is 1. The zero-order valence-electron chi connectivity index (χ0n) is 14.8. The van der Waals surface area contributed by atoms with Crippen LogP contribution in [-0.2, 0) is 0 Å². The van der Waals surface area contributed by atoms with E-state index in [9.17, 15) is 19.3 Å². The number of nitro benzene ring substituents is 1. The number of carbonyl (C=O) groups excluding carboxylic acids is 1. The maximum atomic E-state index is 13.9. The first-order valence-electron chi connectivity index (χ1n) is 8.01. The molecule has 0 unspecified atom stereocenters. The molecule has 1 aromatic heterocycles. The lowest BCUT2D eigenvalue weighted by Gasteiger charge is -2.09. The van der Waals surface area contributed by atoms with Gasteiger partial charge in [0.15, 0.2) is 0 Å². The molecule has 0 radical (unpaired) electrons. The first-order chi connectivity index (χ1) is 13.8. The van der Waals surface area contributed by atoms with Gasteiger partial charge in [0.25, 0.3) is 5.69 Å². The summed E-state index contributed by atoms with van der Waals surface area (Å²) in [6, 6.07) is 7.31. The molecule has 148 valence electrons. The average molecular weight is 435 g/mol. The number of aromatic nitrogens is 1. The lowest BCUT2D eigenvalue weighted by molar-refractivity contribution is -0.384.